The SMILES string of the molecule is Cc1c(Cl)cccc1C(=O)N(NC(C)(C)C)C(=O)c1ccccc1. The summed E-state index contributed by atoms with van der Waals surface area (Å²) in [4.78, 5) is 25.8. The monoisotopic (exact) mass is 344 g/mol. The predicted octanol–water partition coefficient (Wildman–Crippen LogP) is 4.23. The molecule has 0 bridgehead atoms. The maximum absolute atomic E-state index is 13.0. The Bertz CT molecular complexity index is 752. The van der Waals surface area contributed by atoms with E-state index in [1.54, 1.807) is 49.4 Å². The van der Waals surface area contributed by atoms with Crippen LogP contribution in [0.2, 0.25) is 5.02 Å². The molecule has 126 valence electrons. The number of benzene rings is 2. The van der Waals surface area contributed by atoms with Crippen LogP contribution in [-0.2, 0) is 0 Å². The van der Waals surface area contributed by atoms with Crippen LogP contribution in [0.15, 0.2) is 48.5 Å². The van der Waals surface area contributed by atoms with Crippen molar-refractivity contribution in [1.82, 2.24) is 10.4 Å². The summed E-state index contributed by atoms with van der Waals surface area (Å²) in [5, 5.41) is 1.55. The van der Waals surface area contributed by atoms with Crippen LogP contribution in [-0.4, -0.2) is 22.4 Å². The zero-order valence-electron chi connectivity index (χ0n) is 14.3. The second-order valence-electron chi connectivity index (χ2n) is 6.59. The van der Waals surface area contributed by atoms with Gasteiger partial charge in [0, 0.05) is 21.7 Å². The number of rotatable bonds is 3. The molecule has 24 heavy (non-hydrogen) atoms. The fourth-order valence-corrected chi connectivity index (χ4v) is 2.37. The fourth-order valence-electron chi connectivity index (χ4n) is 2.20. The number of carbonyl (C=O) groups excluding carboxylic acids is 2. The number of carbonyl (C=O) groups is 2. The first kappa shape index (κ1) is 18.2. The van der Waals surface area contributed by atoms with Crippen molar-refractivity contribution >= 4 is 23.4 Å². The lowest BCUT2D eigenvalue weighted by Gasteiger charge is -2.30. The number of nitrogens with zero attached hydrogens (tertiary/aromatic N) is 1. The number of imide groups is 1. The van der Waals surface area contributed by atoms with Crippen molar-refractivity contribution < 1.29 is 9.59 Å². The molecular weight excluding hydrogens is 324 g/mol. The number of amides is 2. The van der Waals surface area contributed by atoms with Gasteiger partial charge in [-0.15, -0.1) is 0 Å². The number of hydrazine groups is 1. The Labute approximate surface area is 147 Å². The quantitative estimate of drug-likeness (QED) is 0.669. The maximum Gasteiger partial charge on any atom is 0.275 e. The van der Waals surface area contributed by atoms with E-state index in [-0.39, 0.29) is 0 Å². The first-order valence-corrected chi connectivity index (χ1v) is 8.05. The molecule has 1 N–H and O–H groups in total. The predicted molar refractivity (Wildman–Crippen MR) is 96.0 cm³/mol. The molecule has 5 heteroatoms. The van der Waals surface area contributed by atoms with Crippen molar-refractivity contribution in [2.24, 2.45) is 0 Å². The third-order valence-corrected chi connectivity index (χ3v) is 3.78. The Morgan fingerprint density at radius 2 is 1.58 bits per heavy atom. The highest BCUT2D eigenvalue weighted by Gasteiger charge is 2.29. The molecule has 0 heterocycles. The van der Waals surface area contributed by atoms with E-state index in [9.17, 15) is 9.59 Å². The van der Waals surface area contributed by atoms with Gasteiger partial charge >= 0.3 is 0 Å². The minimum Gasteiger partial charge on any atom is -0.267 e. The van der Waals surface area contributed by atoms with E-state index in [1.807, 2.05) is 26.8 Å². The van der Waals surface area contributed by atoms with Gasteiger partial charge in [-0.1, -0.05) is 35.9 Å². The summed E-state index contributed by atoms with van der Waals surface area (Å²) < 4.78 is 0. The van der Waals surface area contributed by atoms with E-state index in [4.69, 9.17) is 11.6 Å². The Kier molecular flexibility index (Phi) is 5.42. The highest BCUT2D eigenvalue weighted by atomic mass is 35.5. The third kappa shape index (κ3) is 4.22. The van der Waals surface area contributed by atoms with E-state index in [0.29, 0.717) is 21.7 Å². The molecule has 0 unspecified atom stereocenters. The van der Waals surface area contributed by atoms with E-state index in [1.165, 1.54) is 0 Å². The molecule has 2 amide bonds. The number of halogens is 1. The summed E-state index contributed by atoms with van der Waals surface area (Å²) in [7, 11) is 0. The molecule has 0 aromatic heterocycles. The molecular formula is C19H21ClN2O2. The summed E-state index contributed by atoms with van der Waals surface area (Å²) in [6.45, 7) is 7.42. The van der Waals surface area contributed by atoms with Crippen LogP contribution in [0, 0.1) is 6.92 Å². The molecule has 0 radical (unpaired) electrons. The van der Waals surface area contributed by atoms with Crippen LogP contribution in [0.4, 0.5) is 0 Å². The van der Waals surface area contributed by atoms with Gasteiger partial charge in [-0.05, 0) is 57.5 Å². The van der Waals surface area contributed by atoms with Crippen molar-refractivity contribution in [3.05, 3.63) is 70.2 Å². The Hall–Kier alpha value is -2.17. The van der Waals surface area contributed by atoms with Gasteiger partial charge in [0.15, 0.2) is 0 Å². The fraction of sp³-hybridized carbons (Fsp3) is 0.263. The highest BCUT2D eigenvalue weighted by Crippen LogP contribution is 2.21. The standard InChI is InChI=1S/C19H21ClN2O2/c1-13-15(11-8-12-16(13)20)18(24)22(21-19(2,3)4)17(23)14-9-6-5-7-10-14/h5-12,21H,1-4H3. The zero-order chi connectivity index (χ0) is 17.9. The van der Waals surface area contributed by atoms with E-state index >= 15 is 0 Å². The largest absolute Gasteiger partial charge is 0.275 e. The van der Waals surface area contributed by atoms with Gasteiger partial charge < -0.3 is 0 Å². The zero-order valence-corrected chi connectivity index (χ0v) is 15.0. The van der Waals surface area contributed by atoms with Crippen LogP contribution in [0.25, 0.3) is 0 Å². The van der Waals surface area contributed by atoms with Crippen molar-refractivity contribution in [3.63, 3.8) is 0 Å². The van der Waals surface area contributed by atoms with Gasteiger partial charge in [0.25, 0.3) is 11.8 Å². The Morgan fingerprint density at radius 1 is 0.958 bits per heavy atom. The smallest absolute Gasteiger partial charge is 0.267 e. The molecule has 2 aromatic carbocycles. The van der Waals surface area contributed by atoms with Gasteiger partial charge in [-0.3, -0.25) is 9.59 Å². The van der Waals surface area contributed by atoms with Crippen LogP contribution in [0.5, 0.6) is 0 Å². The molecule has 0 saturated carbocycles. The maximum atomic E-state index is 13.0. The Balaban J connectivity index is 2.44. The van der Waals surface area contributed by atoms with Crippen molar-refractivity contribution in [2.75, 3.05) is 0 Å². The second kappa shape index (κ2) is 7.16. The van der Waals surface area contributed by atoms with Crippen molar-refractivity contribution in [1.29, 1.82) is 0 Å². The lowest BCUT2D eigenvalue weighted by molar-refractivity contribution is 0.0452. The van der Waals surface area contributed by atoms with E-state index in [0.717, 1.165) is 5.01 Å². The van der Waals surface area contributed by atoms with Gasteiger partial charge in [0.05, 0.1) is 0 Å². The second-order valence-corrected chi connectivity index (χ2v) is 6.99. The molecule has 0 aliphatic carbocycles. The summed E-state index contributed by atoms with van der Waals surface area (Å²) in [6, 6.07) is 13.8. The number of hydrogen-bond acceptors (Lipinski definition) is 3. The van der Waals surface area contributed by atoms with Crippen LogP contribution in [0.3, 0.4) is 0 Å². The molecule has 0 atom stereocenters. The number of hydrogen-bond donors (Lipinski definition) is 1. The topological polar surface area (TPSA) is 49.4 Å². The lowest BCUT2D eigenvalue weighted by Crippen LogP contribution is -2.54. The highest BCUT2D eigenvalue weighted by molar-refractivity contribution is 6.32. The van der Waals surface area contributed by atoms with Crippen molar-refractivity contribution in [3.8, 4) is 0 Å². The van der Waals surface area contributed by atoms with Crippen LogP contribution < -0.4 is 5.43 Å². The average Bonchev–Trinajstić information content (AvgIpc) is 2.54. The molecule has 0 spiro atoms. The van der Waals surface area contributed by atoms with Crippen molar-refractivity contribution in [2.45, 2.75) is 33.2 Å². The molecule has 2 rings (SSSR count). The molecule has 0 saturated heterocycles. The van der Waals surface area contributed by atoms with Gasteiger partial charge in [-0.25, -0.2) is 10.4 Å². The first-order chi connectivity index (χ1) is 11.2. The van der Waals surface area contributed by atoms with Crippen LogP contribution >= 0.6 is 11.6 Å². The van der Waals surface area contributed by atoms with E-state index in [2.05, 4.69) is 5.43 Å². The van der Waals surface area contributed by atoms with Gasteiger partial charge in [-0.2, -0.15) is 0 Å². The number of nitrogens with one attached hydrogen (secondary N) is 1. The molecule has 4 nitrogen and oxygen atoms in total. The van der Waals surface area contributed by atoms with Gasteiger partial charge in [0.2, 0.25) is 0 Å². The van der Waals surface area contributed by atoms with Crippen LogP contribution in [0.1, 0.15) is 47.1 Å². The van der Waals surface area contributed by atoms with Gasteiger partial charge in [0.1, 0.15) is 0 Å². The normalized spacial score (nSPS) is 11.2. The molecule has 0 aliphatic rings. The summed E-state index contributed by atoms with van der Waals surface area (Å²) in [5.41, 5.74) is 3.99. The summed E-state index contributed by atoms with van der Waals surface area (Å²) >= 11 is 6.12. The summed E-state index contributed by atoms with van der Waals surface area (Å²) in [5.74, 6) is -0.839. The minimum atomic E-state index is -0.466. The first-order valence-electron chi connectivity index (χ1n) is 7.67. The van der Waals surface area contributed by atoms with E-state index < -0.39 is 17.4 Å². The Morgan fingerprint density at radius 3 is 2.17 bits per heavy atom. The third-order valence-electron chi connectivity index (χ3n) is 3.37. The molecule has 0 aliphatic heterocycles. The summed E-state index contributed by atoms with van der Waals surface area (Å²) in [6.07, 6.45) is 0. The molecule has 0 fully saturated rings. The average molecular weight is 345 g/mol. The minimum absolute atomic E-state index is 0.392. The molecule has 2 aromatic rings. The lowest BCUT2D eigenvalue weighted by atomic mass is 10.1.